The van der Waals surface area contributed by atoms with E-state index in [1.807, 2.05) is 49.6 Å². The van der Waals surface area contributed by atoms with Crippen LogP contribution in [0.3, 0.4) is 0 Å². The molecule has 3 rings (SSSR count). The number of halogens is 1. The van der Waals surface area contributed by atoms with Crippen molar-refractivity contribution in [2.75, 3.05) is 0 Å². The minimum atomic E-state index is -0.0947. The van der Waals surface area contributed by atoms with E-state index < -0.39 is 0 Å². The molecule has 0 saturated carbocycles. The number of nitrogens with one attached hydrogen (secondary N) is 1. The first-order chi connectivity index (χ1) is 10.5. The molecule has 1 amide bonds. The molecule has 0 atom stereocenters. The van der Waals surface area contributed by atoms with Gasteiger partial charge in [-0.05, 0) is 66.4 Å². The molecule has 0 radical (unpaired) electrons. The summed E-state index contributed by atoms with van der Waals surface area (Å²) in [6.45, 7) is 4.06. The number of thioether (sulfide) groups is 1. The van der Waals surface area contributed by atoms with Crippen LogP contribution < -0.4 is 5.32 Å². The minimum absolute atomic E-state index is 0.0947. The molecule has 0 unspecified atom stereocenters. The van der Waals surface area contributed by atoms with Gasteiger partial charge < -0.3 is 5.32 Å². The molecule has 3 nitrogen and oxygen atoms in total. The van der Waals surface area contributed by atoms with Crippen molar-refractivity contribution in [3.8, 4) is 0 Å². The van der Waals surface area contributed by atoms with Crippen molar-refractivity contribution in [2.24, 2.45) is 4.99 Å². The Morgan fingerprint density at radius 1 is 1.27 bits per heavy atom. The third-order valence-corrected chi connectivity index (χ3v) is 6.10. The van der Waals surface area contributed by atoms with E-state index in [1.54, 1.807) is 11.3 Å². The lowest BCUT2D eigenvalue weighted by Crippen LogP contribution is -2.19. The number of benzene rings is 1. The Kier molecular flexibility index (Phi) is 4.52. The van der Waals surface area contributed by atoms with Gasteiger partial charge in [-0.1, -0.05) is 22.0 Å². The molecule has 2 aromatic rings. The Labute approximate surface area is 145 Å². The second-order valence-corrected chi connectivity index (χ2v) is 7.69. The summed E-state index contributed by atoms with van der Waals surface area (Å²) in [6, 6.07) is 7.95. The Balaban J connectivity index is 1.87. The van der Waals surface area contributed by atoms with Crippen molar-refractivity contribution < 1.29 is 4.79 Å². The van der Waals surface area contributed by atoms with Crippen LogP contribution in [0, 0.1) is 13.8 Å². The second-order valence-electron chi connectivity index (χ2n) is 4.89. The van der Waals surface area contributed by atoms with Crippen LogP contribution in [0.4, 0.5) is 5.69 Å². The fraction of sp³-hybridized carbons (Fsp3) is 0.125. The first-order valence-electron chi connectivity index (χ1n) is 6.63. The lowest BCUT2D eigenvalue weighted by atomic mass is 10.1. The highest BCUT2D eigenvalue weighted by Gasteiger charge is 2.24. The van der Waals surface area contributed by atoms with Gasteiger partial charge in [0.2, 0.25) is 0 Å². The maximum absolute atomic E-state index is 12.0. The number of thiophene rings is 1. The van der Waals surface area contributed by atoms with Gasteiger partial charge >= 0.3 is 0 Å². The van der Waals surface area contributed by atoms with Gasteiger partial charge in [-0.25, -0.2) is 4.99 Å². The number of carbonyl (C=O) groups is 1. The molecule has 0 aliphatic carbocycles. The number of aliphatic imine (C=N–C) groups is 1. The van der Waals surface area contributed by atoms with Crippen LogP contribution >= 0.6 is 39.0 Å². The van der Waals surface area contributed by atoms with Crippen LogP contribution in [0.15, 0.2) is 44.0 Å². The normalized spacial score (nSPS) is 18.2. The quantitative estimate of drug-likeness (QED) is 0.728. The lowest BCUT2D eigenvalue weighted by Gasteiger charge is -2.04. The van der Waals surface area contributed by atoms with Crippen molar-refractivity contribution in [1.82, 2.24) is 5.32 Å². The van der Waals surface area contributed by atoms with Crippen molar-refractivity contribution in [3.63, 3.8) is 0 Å². The summed E-state index contributed by atoms with van der Waals surface area (Å²) in [7, 11) is 0. The standard InChI is InChI=1S/C16H13BrN2OS2/c1-9-6-11(7-10(2)14(9)17)18-16-19-15(20)13(22-16)8-12-4-3-5-21-12/h3-8H,1-2H3,(H,18,19,20)/b13-8-. The SMILES string of the molecule is Cc1cc(N=C2NC(=O)/C(=C/c3cccs3)S2)cc(C)c1Br. The van der Waals surface area contributed by atoms with E-state index in [1.165, 1.54) is 11.8 Å². The fourth-order valence-electron chi connectivity index (χ4n) is 2.09. The molecule has 2 heterocycles. The number of rotatable bonds is 2. The first-order valence-corrected chi connectivity index (χ1v) is 9.11. The van der Waals surface area contributed by atoms with E-state index in [0.29, 0.717) is 10.1 Å². The zero-order valence-corrected chi connectivity index (χ0v) is 15.2. The van der Waals surface area contributed by atoms with E-state index in [0.717, 1.165) is 26.2 Å². The van der Waals surface area contributed by atoms with Crippen LogP contribution in [-0.4, -0.2) is 11.1 Å². The summed E-state index contributed by atoms with van der Waals surface area (Å²) in [4.78, 5) is 18.3. The highest BCUT2D eigenvalue weighted by molar-refractivity contribution is 9.10. The Bertz CT molecular complexity index is 771. The number of hydrogen-bond acceptors (Lipinski definition) is 4. The monoisotopic (exact) mass is 392 g/mol. The van der Waals surface area contributed by atoms with Crippen LogP contribution in [0.25, 0.3) is 6.08 Å². The van der Waals surface area contributed by atoms with Gasteiger partial charge in [0.1, 0.15) is 0 Å². The number of hydrogen-bond donors (Lipinski definition) is 1. The molecule has 1 aliphatic rings. The molecule has 0 bridgehead atoms. The Morgan fingerprint density at radius 2 is 2.00 bits per heavy atom. The van der Waals surface area contributed by atoms with Crippen molar-refractivity contribution in [3.05, 3.63) is 55.0 Å². The molecule has 1 aliphatic heterocycles. The predicted octanol–water partition coefficient (Wildman–Crippen LogP) is 5.02. The number of carbonyl (C=O) groups excluding carboxylic acids is 1. The zero-order chi connectivity index (χ0) is 15.7. The van der Waals surface area contributed by atoms with Crippen molar-refractivity contribution in [2.45, 2.75) is 13.8 Å². The molecular weight excluding hydrogens is 380 g/mol. The first kappa shape index (κ1) is 15.5. The topological polar surface area (TPSA) is 41.5 Å². The van der Waals surface area contributed by atoms with Gasteiger partial charge in [-0.15, -0.1) is 11.3 Å². The zero-order valence-electron chi connectivity index (χ0n) is 12.0. The van der Waals surface area contributed by atoms with Crippen LogP contribution in [-0.2, 0) is 4.79 Å². The number of amides is 1. The molecule has 112 valence electrons. The summed E-state index contributed by atoms with van der Waals surface area (Å²) in [6.07, 6.45) is 1.89. The van der Waals surface area contributed by atoms with E-state index in [2.05, 4.69) is 26.2 Å². The van der Waals surface area contributed by atoms with Gasteiger partial charge in [-0.2, -0.15) is 0 Å². The minimum Gasteiger partial charge on any atom is -0.300 e. The van der Waals surface area contributed by atoms with Gasteiger partial charge in [0.15, 0.2) is 5.17 Å². The largest absolute Gasteiger partial charge is 0.300 e. The third kappa shape index (κ3) is 3.34. The fourth-order valence-corrected chi connectivity index (χ4v) is 3.88. The predicted molar refractivity (Wildman–Crippen MR) is 98.7 cm³/mol. The summed E-state index contributed by atoms with van der Waals surface area (Å²) in [5, 5.41) is 5.43. The van der Waals surface area contributed by atoms with Crippen LogP contribution in [0.5, 0.6) is 0 Å². The van der Waals surface area contributed by atoms with E-state index in [4.69, 9.17) is 0 Å². The van der Waals surface area contributed by atoms with Crippen LogP contribution in [0.1, 0.15) is 16.0 Å². The molecule has 1 saturated heterocycles. The smallest absolute Gasteiger partial charge is 0.264 e. The van der Waals surface area contributed by atoms with E-state index in [-0.39, 0.29) is 5.91 Å². The average molecular weight is 393 g/mol. The van der Waals surface area contributed by atoms with Gasteiger partial charge in [0, 0.05) is 9.35 Å². The summed E-state index contributed by atoms with van der Waals surface area (Å²) >= 11 is 6.53. The average Bonchev–Trinajstić information content (AvgIpc) is 3.07. The number of aryl methyl sites for hydroxylation is 2. The number of nitrogens with zero attached hydrogens (tertiary/aromatic N) is 1. The Hall–Kier alpha value is -1.37. The molecule has 1 fully saturated rings. The van der Waals surface area contributed by atoms with Crippen molar-refractivity contribution >= 4 is 61.9 Å². The van der Waals surface area contributed by atoms with Crippen molar-refractivity contribution in [1.29, 1.82) is 0 Å². The Morgan fingerprint density at radius 3 is 2.64 bits per heavy atom. The van der Waals surface area contributed by atoms with Gasteiger partial charge in [0.05, 0.1) is 10.6 Å². The molecular formula is C16H13BrN2OS2. The van der Waals surface area contributed by atoms with Gasteiger partial charge in [0.25, 0.3) is 5.91 Å². The van der Waals surface area contributed by atoms with Crippen LogP contribution in [0.2, 0.25) is 0 Å². The molecule has 1 aromatic carbocycles. The lowest BCUT2D eigenvalue weighted by molar-refractivity contribution is -0.115. The molecule has 0 spiro atoms. The summed E-state index contributed by atoms with van der Waals surface area (Å²) in [5.41, 5.74) is 3.10. The second kappa shape index (κ2) is 6.40. The molecule has 1 N–H and O–H groups in total. The summed E-state index contributed by atoms with van der Waals surface area (Å²) in [5.74, 6) is -0.0947. The highest BCUT2D eigenvalue weighted by atomic mass is 79.9. The van der Waals surface area contributed by atoms with E-state index in [9.17, 15) is 4.79 Å². The molecule has 22 heavy (non-hydrogen) atoms. The maximum atomic E-state index is 12.0. The van der Waals surface area contributed by atoms with Gasteiger partial charge in [-0.3, -0.25) is 4.79 Å². The molecule has 6 heteroatoms. The number of amidine groups is 1. The molecule has 1 aromatic heterocycles. The maximum Gasteiger partial charge on any atom is 0.264 e. The highest BCUT2D eigenvalue weighted by Crippen LogP contribution is 2.31. The third-order valence-electron chi connectivity index (χ3n) is 3.12. The van der Waals surface area contributed by atoms with E-state index >= 15 is 0 Å². The summed E-state index contributed by atoms with van der Waals surface area (Å²) < 4.78 is 1.10.